The van der Waals surface area contributed by atoms with Crippen LogP contribution in [0.5, 0.6) is 0 Å². The molecule has 0 aromatic carbocycles. The second-order valence-corrected chi connectivity index (χ2v) is 5.48. The van der Waals surface area contributed by atoms with Gasteiger partial charge in [0.2, 0.25) is 0 Å². The topological polar surface area (TPSA) is 12.0 Å². The molecular weight excluding hydrogens is 219 g/mol. The average Bonchev–Trinajstić information content (AvgIpc) is 1.80. The van der Waals surface area contributed by atoms with Gasteiger partial charge in [-0.15, -0.1) is 0 Å². The monoisotopic (exact) mass is 229 g/mol. The van der Waals surface area contributed by atoms with Crippen LogP contribution in [0.3, 0.4) is 0 Å². The molecule has 0 saturated carbocycles. The predicted molar refractivity (Wildman–Crippen MR) is 39.1 cm³/mol. The number of halogens is 6. The third kappa shape index (κ3) is 3.31. The quantitative estimate of drug-likeness (QED) is 0.572. The fraction of sp³-hybridized carbons (Fsp3) is 1.00. The van der Waals surface area contributed by atoms with Crippen molar-refractivity contribution in [3.05, 3.63) is 0 Å². The minimum atomic E-state index is -8.19. The van der Waals surface area contributed by atoms with Crippen molar-refractivity contribution in [3.8, 4) is 0 Å². The van der Waals surface area contributed by atoms with E-state index in [1.807, 2.05) is 0 Å². The van der Waals surface area contributed by atoms with E-state index in [-0.39, 0.29) is 0 Å². The van der Waals surface area contributed by atoms with E-state index in [0.29, 0.717) is 5.09 Å². The van der Waals surface area contributed by atoms with Gasteiger partial charge in [0, 0.05) is 0 Å². The van der Waals surface area contributed by atoms with Crippen LogP contribution in [-0.4, -0.2) is 12.5 Å². The summed E-state index contributed by atoms with van der Waals surface area (Å²) in [5.74, 6) is -6.59. The molecule has 0 rings (SSSR count). The molecule has 0 heterocycles. The van der Waals surface area contributed by atoms with Crippen LogP contribution >= 0.6 is 7.69 Å². The Morgan fingerprint density at radius 3 is 1.77 bits per heavy atom. The summed E-state index contributed by atoms with van der Waals surface area (Å²) in [6.07, 6.45) is 0. The molecule has 0 bridgehead atoms. The van der Waals surface area contributed by atoms with Crippen molar-refractivity contribution in [2.45, 2.75) is 19.8 Å². The number of alkyl halides is 3. The van der Waals surface area contributed by atoms with Crippen LogP contribution in [0.15, 0.2) is 0 Å². The fourth-order valence-electron chi connectivity index (χ4n) is 0.421. The van der Waals surface area contributed by atoms with Crippen molar-refractivity contribution in [2.24, 2.45) is 5.92 Å². The van der Waals surface area contributed by atoms with Crippen molar-refractivity contribution in [3.63, 3.8) is 0 Å². The Balaban J connectivity index is 4.52. The van der Waals surface area contributed by atoms with Gasteiger partial charge >= 0.3 is 70.8 Å². The zero-order valence-corrected chi connectivity index (χ0v) is 7.89. The van der Waals surface area contributed by atoms with Gasteiger partial charge < -0.3 is 0 Å². The van der Waals surface area contributed by atoms with Crippen molar-refractivity contribution in [1.82, 2.24) is 5.09 Å². The molecule has 1 nitrogen and oxygen atoms in total. The summed E-state index contributed by atoms with van der Waals surface area (Å²) >= 11 is 0. The Hall–Kier alpha value is -0.0300. The molecule has 82 valence electrons. The standard InChI is InChI=1S/C5H10F6NP/c1-4(2)3-12-13(9,10,11)5(6,7)8/h4,12H,3H2,1-2H3. The van der Waals surface area contributed by atoms with Gasteiger partial charge in [-0.3, -0.25) is 0 Å². The minimum absolute atomic E-state index is 0.480. The SMILES string of the molecule is CC(C)CNP(F)(F)(F)C(F)(F)F. The Bertz CT molecular complexity index is 180. The Labute approximate surface area is 71.8 Å². The summed E-state index contributed by atoms with van der Waals surface area (Å²) in [5, 5.41) is 0.680. The van der Waals surface area contributed by atoms with Crippen LogP contribution < -0.4 is 5.09 Å². The molecule has 0 aliphatic heterocycles. The van der Waals surface area contributed by atoms with E-state index in [2.05, 4.69) is 0 Å². The Kier molecular flexibility index (Phi) is 3.27. The van der Waals surface area contributed by atoms with Gasteiger partial charge in [-0.1, -0.05) is 0 Å². The normalized spacial score (nSPS) is 17.2. The molecule has 0 unspecified atom stereocenters. The van der Waals surface area contributed by atoms with E-state index in [0.717, 1.165) is 0 Å². The molecule has 0 aromatic rings. The van der Waals surface area contributed by atoms with Gasteiger partial charge in [0.1, 0.15) is 0 Å². The zero-order chi connectivity index (χ0) is 10.9. The molecular formula is C5H10F6NP. The van der Waals surface area contributed by atoms with Gasteiger partial charge in [-0.05, 0) is 0 Å². The van der Waals surface area contributed by atoms with E-state index in [1.165, 1.54) is 13.8 Å². The van der Waals surface area contributed by atoms with Crippen LogP contribution in [0, 0.1) is 5.92 Å². The van der Waals surface area contributed by atoms with Crippen LogP contribution in [0.2, 0.25) is 0 Å². The molecule has 0 aliphatic carbocycles. The Morgan fingerprint density at radius 2 is 1.54 bits per heavy atom. The van der Waals surface area contributed by atoms with Crippen LogP contribution in [0.4, 0.5) is 25.8 Å². The maximum absolute atomic E-state index is 12.2. The molecule has 8 heteroatoms. The fourth-order valence-corrected chi connectivity index (χ4v) is 1.26. The third-order valence-corrected chi connectivity index (χ3v) is 2.70. The van der Waals surface area contributed by atoms with E-state index in [1.54, 1.807) is 0 Å². The molecule has 0 aromatic heterocycles. The van der Waals surface area contributed by atoms with Crippen LogP contribution in [-0.2, 0) is 0 Å². The van der Waals surface area contributed by atoms with Crippen LogP contribution in [0.1, 0.15) is 13.8 Å². The maximum atomic E-state index is 12.2. The molecule has 0 aliphatic rings. The molecule has 0 radical (unpaired) electrons. The summed E-state index contributed by atoms with van der Waals surface area (Å²) in [4.78, 5) is 0. The summed E-state index contributed by atoms with van der Waals surface area (Å²) in [6.45, 7) is 2.09. The van der Waals surface area contributed by atoms with Gasteiger partial charge in [-0.2, -0.15) is 0 Å². The first-order valence-corrected chi connectivity index (χ1v) is 5.35. The second-order valence-electron chi connectivity index (χ2n) is 3.03. The Morgan fingerprint density at radius 1 is 1.15 bits per heavy atom. The van der Waals surface area contributed by atoms with E-state index < -0.39 is 26.1 Å². The summed E-state index contributed by atoms with van der Waals surface area (Å²) in [6, 6.07) is 0. The van der Waals surface area contributed by atoms with Gasteiger partial charge in [-0.25, -0.2) is 0 Å². The van der Waals surface area contributed by atoms with E-state index >= 15 is 0 Å². The predicted octanol–water partition coefficient (Wildman–Crippen LogP) is 3.87. The molecule has 1 N–H and O–H groups in total. The molecule has 0 amide bonds. The number of rotatable bonds is 3. The first-order chi connectivity index (χ1) is 5.44. The zero-order valence-electron chi connectivity index (χ0n) is 7.00. The van der Waals surface area contributed by atoms with Gasteiger partial charge in [0.05, 0.1) is 0 Å². The second kappa shape index (κ2) is 3.28. The number of nitrogens with one attached hydrogen (secondary N) is 1. The van der Waals surface area contributed by atoms with Gasteiger partial charge in [0.25, 0.3) is 0 Å². The summed E-state index contributed by atoms with van der Waals surface area (Å²) in [5.41, 5.74) is 0. The third-order valence-electron chi connectivity index (χ3n) is 1.17. The van der Waals surface area contributed by atoms with E-state index in [9.17, 15) is 25.8 Å². The number of hydrogen-bond donors (Lipinski definition) is 1. The van der Waals surface area contributed by atoms with Gasteiger partial charge in [0.15, 0.2) is 0 Å². The summed E-state index contributed by atoms with van der Waals surface area (Å²) in [7, 11) is -8.19. The molecule has 13 heavy (non-hydrogen) atoms. The molecule has 0 saturated heterocycles. The van der Waals surface area contributed by atoms with Crippen molar-refractivity contribution < 1.29 is 25.8 Å². The average molecular weight is 229 g/mol. The molecule has 0 atom stereocenters. The van der Waals surface area contributed by atoms with Crippen molar-refractivity contribution >= 4 is 7.69 Å². The van der Waals surface area contributed by atoms with E-state index in [4.69, 9.17) is 0 Å². The summed E-state index contributed by atoms with van der Waals surface area (Å²) < 4.78 is 71.2. The van der Waals surface area contributed by atoms with Crippen molar-refractivity contribution in [1.29, 1.82) is 0 Å². The first-order valence-electron chi connectivity index (χ1n) is 3.44. The van der Waals surface area contributed by atoms with Crippen LogP contribution in [0.25, 0.3) is 0 Å². The molecule has 0 spiro atoms. The molecule has 0 fully saturated rings. The first kappa shape index (κ1) is 13.0. The number of hydrogen-bond acceptors (Lipinski definition) is 1. The van der Waals surface area contributed by atoms with Crippen molar-refractivity contribution in [2.75, 3.05) is 6.54 Å².